The molecule has 0 saturated carbocycles. The first kappa shape index (κ1) is 9.46. The van der Waals surface area contributed by atoms with E-state index in [4.69, 9.17) is 0 Å². The number of hydrogen-bond donors (Lipinski definition) is 1. The highest BCUT2D eigenvalue weighted by Crippen LogP contribution is 2.25. The fraction of sp³-hybridized carbons (Fsp3) is 0.308. The van der Waals surface area contributed by atoms with Crippen LogP contribution in [0.2, 0.25) is 0 Å². The number of rotatable bonds is 1. The van der Waals surface area contributed by atoms with Crippen LogP contribution in [0.4, 0.5) is 0 Å². The van der Waals surface area contributed by atoms with Crippen molar-refractivity contribution >= 4 is 0 Å². The summed E-state index contributed by atoms with van der Waals surface area (Å²) in [5, 5.41) is 9.27. The maximum Gasteiger partial charge on any atom is 0.140 e. The maximum absolute atomic E-state index is 9.27. The highest BCUT2D eigenvalue weighted by atomic mass is 16.3. The van der Waals surface area contributed by atoms with Gasteiger partial charge in [-0.1, -0.05) is 0 Å². The van der Waals surface area contributed by atoms with Gasteiger partial charge in [-0.25, -0.2) is 4.98 Å². The lowest BCUT2D eigenvalue weighted by molar-refractivity contribution is 0.475. The Bertz CT molecular complexity index is 499. The Kier molecular flexibility index (Phi) is 2.17. The molecule has 1 N–H and O–H groups in total. The number of imidazole rings is 1. The minimum atomic E-state index is 0.300. The number of fused-ring (bicyclic) bond motifs is 1. The molecule has 3 heteroatoms. The van der Waals surface area contributed by atoms with Crippen LogP contribution in [0.5, 0.6) is 5.75 Å². The summed E-state index contributed by atoms with van der Waals surface area (Å²) in [6.45, 7) is 1.06. The van der Waals surface area contributed by atoms with Crippen LogP contribution in [0.3, 0.4) is 0 Å². The van der Waals surface area contributed by atoms with Crippen molar-refractivity contribution in [2.45, 2.75) is 25.8 Å². The third-order valence-electron chi connectivity index (χ3n) is 3.13. The third kappa shape index (κ3) is 1.48. The Hall–Kier alpha value is -1.77. The highest BCUT2D eigenvalue weighted by molar-refractivity contribution is 5.57. The second kappa shape index (κ2) is 3.67. The van der Waals surface area contributed by atoms with E-state index in [9.17, 15) is 5.11 Å². The lowest BCUT2D eigenvalue weighted by Crippen LogP contribution is -2.10. The fourth-order valence-electron chi connectivity index (χ4n) is 2.28. The monoisotopic (exact) mass is 214 g/mol. The molecule has 16 heavy (non-hydrogen) atoms. The first-order valence-corrected chi connectivity index (χ1v) is 5.68. The summed E-state index contributed by atoms with van der Waals surface area (Å²) in [7, 11) is 0. The molecule has 2 aromatic rings. The second-order valence-electron chi connectivity index (χ2n) is 4.23. The molecular formula is C13H14N2O. The molecule has 1 aliphatic heterocycles. The molecule has 0 amide bonds. The van der Waals surface area contributed by atoms with Crippen molar-refractivity contribution in [3.8, 4) is 17.1 Å². The summed E-state index contributed by atoms with van der Waals surface area (Å²) in [5.74, 6) is 1.32. The molecule has 0 radical (unpaired) electrons. The van der Waals surface area contributed by atoms with Gasteiger partial charge in [0.2, 0.25) is 0 Å². The van der Waals surface area contributed by atoms with Crippen molar-refractivity contribution in [3.63, 3.8) is 0 Å². The van der Waals surface area contributed by atoms with Crippen molar-refractivity contribution in [2.24, 2.45) is 0 Å². The number of phenolic OH excluding ortho intramolecular Hbond substituents is 1. The molecule has 0 saturated heterocycles. The van der Waals surface area contributed by atoms with E-state index in [1.165, 1.54) is 18.5 Å². The molecule has 0 bridgehead atoms. The average Bonchev–Trinajstić information content (AvgIpc) is 2.74. The zero-order valence-electron chi connectivity index (χ0n) is 9.06. The lowest BCUT2D eigenvalue weighted by atomic mass is 10.1. The molecule has 0 fully saturated rings. The maximum atomic E-state index is 9.27. The summed E-state index contributed by atoms with van der Waals surface area (Å²) in [4.78, 5) is 4.48. The molecule has 2 heterocycles. The second-order valence-corrected chi connectivity index (χ2v) is 4.23. The van der Waals surface area contributed by atoms with E-state index in [1.54, 1.807) is 12.1 Å². The molecule has 82 valence electrons. The molecule has 3 rings (SSSR count). The van der Waals surface area contributed by atoms with E-state index in [2.05, 4.69) is 9.55 Å². The number of aromatic hydroxyl groups is 1. The van der Waals surface area contributed by atoms with E-state index >= 15 is 0 Å². The summed E-state index contributed by atoms with van der Waals surface area (Å²) < 4.78 is 2.29. The predicted molar refractivity (Wildman–Crippen MR) is 62.3 cm³/mol. The van der Waals surface area contributed by atoms with E-state index in [-0.39, 0.29) is 0 Å². The molecule has 1 aromatic heterocycles. The zero-order chi connectivity index (χ0) is 11.0. The number of aromatic nitrogens is 2. The van der Waals surface area contributed by atoms with Gasteiger partial charge in [0, 0.05) is 24.0 Å². The first-order valence-electron chi connectivity index (χ1n) is 5.68. The summed E-state index contributed by atoms with van der Waals surface area (Å²) in [5.41, 5.74) is 2.40. The minimum Gasteiger partial charge on any atom is -0.508 e. The van der Waals surface area contributed by atoms with Gasteiger partial charge < -0.3 is 9.67 Å². The van der Waals surface area contributed by atoms with E-state index in [1.807, 2.05) is 18.3 Å². The van der Waals surface area contributed by atoms with E-state index < -0.39 is 0 Å². The Balaban J connectivity index is 2.06. The van der Waals surface area contributed by atoms with Gasteiger partial charge in [0.15, 0.2) is 0 Å². The van der Waals surface area contributed by atoms with Gasteiger partial charge in [-0.05, 0) is 43.5 Å². The topological polar surface area (TPSA) is 38.1 Å². The minimum absolute atomic E-state index is 0.300. The Morgan fingerprint density at radius 2 is 1.94 bits per heavy atom. The Labute approximate surface area is 94.4 Å². The molecule has 0 atom stereocenters. The first-order chi connectivity index (χ1) is 7.84. The molecular weight excluding hydrogens is 200 g/mol. The molecule has 0 spiro atoms. The van der Waals surface area contributed by atoms with E-state index in [0.717, 1.165) is 24.4 Å². The average molecular weight is 214 g/mol. The number of hydrogen-bond acceptors (Lipinski definition) is 2. The van der Waals surface area contributed by atoms with Crippen LogP contribution in [-0.4, -0.2) is 14.7 Å². The molecule has 0 unspecified atom stereocenters. The van der Waals surface area contributed by atoms with Gasteiger partial charge in [-0.15, -0.1) is 0 Å². The van der Waals surface area contributed by atoms with Crippen molar-refractivity contribution in [2.75, 3.05) is 0 Å². The van der Waals surface area contributed by atoms with Gasteiger partial charge in [0.05, 0.1) is 0 Å². The Morgan fingerprint density at radius 3 is 2.75 bits per heavy atom. The van der Waals surface area contributed by atoms with Crippen LogP contribution in [0.15, 0.2) is 30.5 Å². The Morgan fingerprint density at radius 1 is 1.12 bits per heavy atom. The highest BCUT2D eigenvalue weighted by Gasteiger charge is 2.14. The van der Waals surface area contributed by atoms with Gasteiger partial charge in [-0.2, -0.15) is 0 Å². The van der Waals surface area contributed by atoms with Crippen molar-refractivity contribution in [3.05, 3.63) is 36.2 Å². The largest absolute Gasteiger partial charge is 0.508 e. The molecule has 1 aromatic carbocycles. The van der Waals surface area contributed by atoms with Gasteiger partial charge in [-0.3, -0.25) is 0 Å². The molecule has 0 aliphatic carbocycles. The third-order valence-corrected chi connectivity index (χ3v) is 3.13. The van der Waals surface area contributed by atoms with Crippen LogP contribution in [0, 0.1) is 0 Å². The normalized spacial score (nSPS) is 14.8. The summed E-state index contributed by atoms with van der Waals surface area (Å²) in [6.07, 6.45) is 5.60. The van der Waals surface area contributed by atoms with Crippen LogP contribution in [0.1, 0.15) is 18.5 Å². The molecule has 3 nitrogen and oxygen atoms in total. The van der Waals surface area contributed by atoms with Gasteiger partial charge in [0.25, 0.3) is 0 Å². The lowest BCUT2D eigenvalue weighted by Gasteiger charge is -2.16. The summed E-state index contributed by atoms with van der Waals surface area (Å²) in [6, 6.07) is 7.25. The fourth-order valence-corrected chi connectivity index (χ4v) is 2.28. The number of phenols is 1. The van der Waals surface area contributed by atoms with E-state index in [0.29, 0.717) is 5.75 Å². The summed E-state index contributed by atoms with van der Waals surface area (Å²) >= 11 is 0. The van der Waals surface area contributed by atoms with Crippen LogP contribution < -0.4 is 0 Å². The van der Waals surface area contributed by atoms with Crippen LogP contribution >= 0.6 is 0 Å². The van der Waals surface area contributed by atoms with Gasteiger partial charge in [0.1, 0.15) is 11.6 Å². The standard InChI is InChI=1S/C13H14N2O/c16-12-6-4-10(5-7-12)13-14-9-11-3-1-2-8-15(11)13/h4-7,9,16H,1-3,8H2. The predicted octanol–water partition coefficient (Wildman–Crippen LogP) is 2.59. The quantitative estimate of drug-likeness (QED) is 0.792. The number of benzene rings is 1. The molecule has 1 aliphatic rings. The van der Waals surface area contributed by atoms with Crippen LogP contribution in [-0.2, 0) is 13.0 Å². The smallest absolute Gasteiger partial charge is 0.140 e. The van der Waals surface area contributed by atoms with Crippen molar-refractivity contribution < 1.29 is 5.11 Å². The van der Waals surface area contributed by atoms with Gasteiger partial charge >= 0.3 is 0 Å². The SMILES string of the molecule is Oc1ccc(-c2ncc3n2CCCC3)cc1. The zero-order valence-corrected chi connectivity index (χ0v) is 9.06. The van der Waals surface area contributed by atoms with Crippen LogP contribution in [0.25, 0.3) is 11.4 Å². The van der Waals surface area contributed by atoms with Crippen molar-refractivity contribution in [1.82, 2.24) is 9.55 Å². The number of nitrogens with zero attached hydrogens (tertiary/aromatic N) is 2. The number of aryl methyl sites for hydroxylation is 1. The van der Waals surface area contributed by atoms with Crippen molar-refractivity contribution in [1.29, 1.82) is 0 Å².